The van der Waals surface area contributed by atoms with E-state index in [0.717, 1.165) is 0 Å². The van der Waals surface area contributed by atoms with Crippen LogP contribution in [-0.2, 0) is 6.54 Å². The van der Waals surface area contributed by atoms with Gasteiger partial charge < -0.3 is 25.3 Å². The third kappa shape index (κ3) is 5.73. The second kappa shape index (κ2) is 10.6. The van der Waals surface area contributed by atoms with Crippen molar-refractivity contribution in [3.05, 3.63) is 53.5 Å². The summed E-state index contributed by atoms with van der Waals surface area (Å²) in [5, 5.41) is 27.2. The highest BCUT2D eigenvalue weighted by molar-refractivity contribution is 6.10. The Morgan fingerprint density at radius 1 is 1.22 bits per heavy atom. The summed E-state index contributed by atoms with van der Waals surface area (Å²) in [5.41, 5.74) is 1.65. The molecule has 41 heavy (non-hydrogen) atoms. The van der Waals surface area contributed by atoms with Gasteiger partial charge in [-0.1, -0.05) is 6.92 Å². The molecule has 220 valence electrons. The maximum atomic E-state index is 13.4. The molecule has 0 spiro atoms. The third-order valence-corrected chi connectivity index (χ3v) is 8.23. The van der Waals surface area contributed by atoms with Crippen LogP contribution >= 0.6 is 0 Å². The van der Waals surface area contributed by atoms with Crippen molar-refractivity contribution < 1.29 is 33.0 Å². The zero-order chi connectivity index (χ0) is 29.7. The van der Waals surface area contributed by atoms with Crippen molar-refractivity contribution in [1.29, 1.82) is 0 Å². The van der Waals surface area contributed by atoms with E-state index in [4.69, 9.17) is 0 Å². The summed E-state index contributed by atoms with van der Waals surface area (Å²) in [6, 6.07) is 5.09. The highest BCUT2D eigenvalue weighted by atomic mass is 19.4. The van der Waals surface area contributed by atoms with Crippen LogP contribution in [0.2, 0.25) is 0 Å². The number of carbonyl (C=O) groups is 2. The van der Waals surface area contributed by atoms with E-state index in [1.165, 1.54) is 10.7 Å². The van der Waals surface area contributed by atoms with Gasteiger partial charge in [-0.2, -0.15) is 18.3 Å². The summed E-state index contributed by atoms with van der Waals surface area (Å²) in [7, 11) is 0. The third-order valence-electron chi connectivity index (χ3n) is 8.23. The number of benzene rings is 1. The number of piperidine rings is 1. The van der Waals surface area contributed by atoms with Crippen molar-refractivity contribution in [2.24, 2.45) is 11.8 Å². The maximum Gasteiger partial charge on any atom is 0.414 e. The monoisotopic (exact) mass is 574 g/mol. The van der Waals surface area contributed by atoms with E-state index in [0.29, 0.717) is 34.7 Å². The summed E-state index contributed by atoms with van der Waals surface area (Å²) in [5.74, 6) is -1.84. The van der Waals surface area contributed by atoms with E-state index < -0.39 is 29.7 Å². The number of rotatable bonds is 7. The molecule has 2 amide bonds. The highest BCUT2D eigenvalue weighted by Crippen LogP contribution is 2.39. The second-order valence-electron chi connectivity index (χ2n) is 11.5. The molecule has 0 aliphatic carbocycles. The van der Waals surface area contributed by atoms with Gasteiger partial charge in [0.2, 0.25) is 0 Å². The molecule has 0 unspecified atom stereocenters. The van der Waals surface area contributed by atoms with Crippen molar-refractivity contribution in [1.82, 2.24) is 19.5 Å². The number of halogens is 3. The standard InChI is InChI=1S/C28H33F3N6O4/c1-16(27(2,3)41)14-36-15-18-11-21(34-25(39)20-13-33-37-8-4-7-32-24(20)37)22(12-19(18)26(36)40)35-9-5-17(6-10-35)23(38)28(29,30)31/h4,7-8,11-13,16-17,23,38,41H,5-6,9-10,14-15H2,1-3H3,(H,34,39)/t16-,23+/m1/s1. The fraction of sp³-hybridized carbons (Fsp3) is 0.500. The molecule has 3 aromatic rings. The molecule has 2 aromatic heterocycles. The Hall–Kier alpha value is -3.71. The maximum absolute atomic E-state index is 13.4. The molecule has 0 radical (unpaired) electrons. The summed E-state index contributed by atoms with van der Waals surface area (Å²) in [4.78, 5) is 34.5. The first kappa shape index (κ1) is 28.8. The topological polar surface area (TPSA) is 123 Å². The first-order valence-corrected chi connectivity index (χ1v) is 13.5. The molecule has 2 aliphatic heterocycles. The normalized spacial score (nSPS) is 18.1. The molecule has 0 saturated carbocycles. The predicted octanol–water partition coefficient (Wildman–Crippen LogP) is 3.48. The summed E-state index contributed by atoms with van der Waals surface area (Å²) in [6.07, 6.45) is -2.31. The minimum absolute atomic E-state index is 0.0896. The van der Waals surface area contributed by atoms with E-state index in [9.17, 15) is 33.0 Å². The number of hydrogen-bond donors (Lipinski definition) is 3. The van der Waals surface area contributed by atoms with Crippen LogP contribution in [0.3, 0.4) is 0 Å². The van der Waals surface area contributed by atoms with Gasteiger partial charge in [0, 0.05) is 50.1 Å². The van der Waals surface area contributed by atoms with E-state index in [2.05, 4.69) is 15.4 Å². The van der Waals surface area contributed by atoms with E-state index in [1.54, 1.807) is 49.3 Å². The lowest BCUT2D eigenvalue weighted by molar-refractivity contribution is -0.221. The van der Waals surface area contributed by atoms with Crippen LogP contribution in [0.1, 0.15) is 59.9 Å². The van der Waals surface area contributed by atoms with Crippen molar-refractivity contribution in [2.45, 2.75) is 58.0 Å². The predicted molar refractivity (Wildman–Crippen MR) is 145 cm³/mol. The number of nitrogens with one attached hydrogen (secondary N) is 1. The minimum Gasteiger partial charge on any atom is -0.390 e. The second-order valence-corrected chi connectivity index (χ2v) is 11.5. The molecule has 1 fully saturated rings. The van der Waals surface area contributed by atoms with E-state index in [1.807, 2.05) is 11.8 Å². The van der Waals surface area contributed by atoms with Gasteiger partial charge >= 0.3 is 6.18 Å². The molecule has 4 heterocycles. The molecule has 10 nitrogen and oxygen atoms in total. The van der Waals surface area contributed by atoms with Crippen molar-refractivity contribution >= 4 is 28.8 Å². The van der Waals surface area contributed by atoms with Crippen LogP contribution in [-0.4, -0.2) is 79.0 Å². The Balaban J connectivity index is 1.45. The first-order valence-electron chi connectivity index (χ1n) is 13.5. The van der Waals surface area contributed by atoms with Crippen molar-refractivity contribution in [3.63, 3.8) is 0 Å². The first-order chi connectivity index (χ1) is 19.2. The van der Waals surface area contributed by atoms with Gasteiger partial charge in [0.05, 0.1) is 23.2 Å². The molecule has 3 N–H and O–H groups in total. The Kier molecular flexibility index (Phi) is 7.45. The smallest absolute Gasteiger partial charge is 0.390 e. The van der Waals surface area contributed by atoms with Crippen LogP contribution in [0.25, 0.3) is 5.65 Å². The molecule has 1 saturated heterocycles. The number of fused-ring (bicyclic) bond motifs is 2. The largest absolute Gasteiger partial charge is 0.414 e. The van der Waals surface area contributed by atoms with Gasteiger partial charge in [-0.05, 0) is 56.4 Å². The van der Waals surface area contributed by atoms with Gasteiger partial charge in [-0.25, -0.2) is 9.50 Å². The number of anilines is 2. The Bertz CT molecular complexity index is 1460. The van der Waals surface area contributed by atoms with Crippen LogP contribution in [0, 0.1) is 11.8 Å². The number of nitrogens with zero attached hydrogens (tertiary/aromatic N) is 5. The zero-order valence-electron chi connectivity index (χ0n) is 23.0. The minimum atomic E-state index is -4.70. The van der Waals surface area contributed by atoms with Gasteiger partial charge in [0.25, 0.3) is 11.8 Å². The summed E-state index contributed by atoms with van der Waals surface area (Å²) >= 11 is 0. The van der Waals surface area contributed by atoms with E-state index >= 15 is 0 Å². The fourth-order valence-electron chi connectivity index (χ4n) is 5.37. The Morgan fingerprint density at radius 3 is 2.59 bits per heavy atom. The number of aliphatic hydroxyl groups is 2. The van der Waals surface area contributed by atoms with Crippen LogP contribution in [0.4, 0.5) is 24.5 Å². The molecule has 2 aliphatic rings. The Labute approximate surface area is 234 Å². The van der Waals surface area contributed by atoms with Gasteiger partial charge in [0.15, 0.2) is 11.8 Å². The lowest BCUT2D eigenvalue weighted by Gasteiger charge is -2.37. The Morgan fingerprint density at radius 2 is 1.93 bits per heavy atom. The zero-order valence-corrected chi connectivity index (χ0v) is 23.0. The molecular weight excluding hydrogens is 541 g/mol. The average molecular weight is 575 g/mol. The van der Waals surface area contributed by atoms with Crippen LogP contribution in [0.15, 0.2) is 36.8 Å². The number of amides is 2. The molecular formula is C28H33F3N6O4. The van der Waals surface area contributed by atoms with Crippen LogP contribution < -0.4 is 10.2 Å². The lowest BCUT2D eigenvalue weighted by Crippen LogP contribution is -2.43. The van der Waals surface area contributed by atoms with E-state index in [-0.39, 0.29) is 49.9 Å². The average Bonchev–Trinajstić information content (AvgIpc) is 3.48. The number of aliphatic hydroxyl groups excluding tert-OH is 1. The molecule has 1 aromatic carbocycles. The fourth-order valence-corrected chi connectivity index (χ4v) is 5.37. The van der Waals surface area contributed by atoms with Gasteiger partial charge in [-0.15, -0.1) is 0 Å². The molecule has 5 rings (SSSR count). The van der Waals surface area contributed by atoms with Gasteiger partial charge in [0.1, 0.15) is 5.56 Å². The summed E-state index contributed by atoms with van der Waals surface area (Å²) in [6.45, 7) is 6.24. The molecule has 2 atom stereocenters. The van der Waals surface area contributed by atoms with Crippen molar-refractivity contribution in [2.75, 3.05) is 29.9 Å². The molecule has 13 heteroatoms. The summed E-state index contributed by atoms with van der Waals surface area (Å²) < 4.78 is 40.8. The highest BCUT2D eigenvalue weighted by Gasteiger charge is 2.44. The number of carbonyl (C=O) groups excluding carboxylic acids is 2. The number of aromatic nitrogens is 3. The SMILES string of the molecule is C[C@H](CN1Cc2cc(NC(=O)c3cnn4cccnc34)c(N3CCC([C@H](O)C(F)(F)F)CC3)cc2C1=O)C(C)(C)O. The van der Waals surface area contributed by atoms with Crippen molar-refractivity contribution in [3.8, 4) is 0 Å². The quantitative estimate of drug-likeness (QED) is 0.395. The lowest BCUT2D eigenvalue weighted by atomic mass is 9.90. The molecule has 0 bridgehead atoms. The number of hydrogen-bond acceptors (Lipinski definition) is 7. The van der Waals surface area contributed by atoms with Gasteiger partial charge in [-0.3, -0.25) is 9.59 Å². The van der Waals surface area contributed by atoms with Crippen LogP contribution in [0.5, 0.6) is 0 Å². The number of alkyl halides is 3.